The van der Waals surface area contributed by atoms with E-state index in [9.17, 15) is 9.90 Å². The number of amides is 1. The zero-order valence-corrected chi connectivity index (χ0v) is 15.2. The fourth-order valence-corrected chi connectivity index (χ4v) is 4.47. The van der Waals surface area contributed by atoms with Crippen molar-refractivity contribution >= 4 is 5.91 Å². The summed E-state index contributed by atoms with van der Waals surface area (Å²) in [4.78, 5) is 14.7. The summed E-state index contributed by atoms with van der Waals surface area (Å²) in [6, 6.07) is 5.85. The van der Waals surface area contributed by atoms with Crippen LogP contribution in [0, 0.1) is 5.92 Å². The number of ether oxygens (including phenoxy) is 3. The summed E-state index contributed by atoms with van der Waals surface area (Å²) in [5, 5.41) is 10.7. The van der Waals surface area contributed by atoms with Gasteiger partial charge in [-0.3, -0.25) is 4.79 Å². The molecule has 0 radical (unpaired) electrons. The van der Waals surface area contributed by atoms with Crippen LogP contribution in [-0.2, 0) is 9.53 Å². The second-order valence-electron chi connectivity index (χ2n) is 7.57. The molecule has 3 aliphatic rings. The first-order chi connectivity index (χ1) is 12.7. The van der Waals surface area contributed by atoms with Gasteiger partial charge in [0.1, 0.15) is 0 Å². The van der Waals surface area contributed by atoms with Crippen LogP contribution in [0.5, 0.6) is 11.5 Å². The lowest BCUT2D eigenvalue weighted by Gasteiger charge is -2.39. The van der Waals surface area contributed by atoms with Gasteiger partial charge in [0.15, 0.2) is 11.5 Å². The van der Waals surface area contributed by atoms with E-state index in [4.69, 9.17) is 14.2 Å². The number of fused-ring (bicyclic) bond motifs is 1. The van der Waals surface area contributed by atoms with Crippen LogP contribution in [0.25, 0.3) is 0 Å². The summed E-state index contributed by atoms with van der Waals surface area (Å²) in [7, 11) is 1.74. The SMILES string of the molecule is COC1CCC(C(=O)N2CC[C@@H](c3ccc4c(c3)OCO4)[C@H](O)C2)CC1. The maximum atomic E-state index is 12.8. The number of aliphatic hydroxyl groups excluding tert-OH is 1. The van der Waals surface area contributed by atoms with Crippen LogP contribution in [0.2, 0.25) is 0 Å². The number of benzene rings is 1. The Kier molecular flexibility index (Phi) is 5.05. The standard InChI is InChI=1S/C20H27NO5/c1-24-15-5-2-13(3-6-15)20(23)21-9-8-16(17(22)11-21)14-4-7-18-19(10-14)26-12-25-18/h4,7,10,13,15-17,22H,2-3,5-6,8-9,11-12H2,1H3/t13?,15?,16-,17+/m0/s1. The first kappa shape index (κ1) is 17.6. The molecule has 0 unspecified atom stereocenters. The van der Waals surface area contributed by atoms with Crippen LogP contribution in [0.4, 0.5) is 0 Å². The second-order valence-corrected chi connectivity index (χ2v) is 7.57. The molecule has 0 aromatic heterocycles. The van der Waals surface area contributed by atoms with Crippen molar-refractivity contribution in [3.8, 4) is 11.5 Å². The van der Waals surface area contributed by atoms with Crippen LogP contribution in [0.15, 0.2) is 18.2 Å². The summed E-state index contributed by atoms with van der Waals surface area (Å²) >= 11 is 0. The minimum absolute atomic E-state index is 0.0257. The van der Waals surface area contributed by atoms with E-state index in [1.54, 1.807) is 7.11 Å². The quantitative estimate of drug-likeness (QED) is 0.895. The molecule has 0 bridgehead atoms. The van der Waals surface area contributed by atoms with E-state index in [2.05, 4.69) is 0 Å². The minimum Gasteiger partial charge on any atom is -0.454 e. The van der Waals surface area contributed by atoms with Gasteiger partial charge in [0.05, 0.1) is 12.2 Å². The van der Waals surface area contributed by atoms with Crippen LogP contribution in [-0.4, -0.2) is 55.1 Å². The summed E-state index contributed by atoms with van der Waals surface area (Å²) in [6.45, 7) is 1.35. The van der Waals surface area contributed by atoms with Crippen molar-refractivity contribution in [2.75, 3.05) is 27.0 Å². The largest absolute Gasteiger partial charge is 0.454 e. The van der Waals surface area contributed by atoms with Crippen molar-refractivity contribution in [2.45, 2.75) is 50.2 Å². The van der Waals surface area contributed by atoms with E-state index in [0.29, 0.717) is 19.2 Å². The first-order valence-corrected chi connectivity index (χ1v) is 9.55. The molecule has 1 aliphatic carbocycles. The average molecular weight is 361 g/mol. The van der Waals surface area contributed by atoms with Gasteiger partial charge in [-0.05, 0) is 49.8 Å². The smallest absolute Gasteiger partial charge is 0.231 e. The van der Waals surface area contributed by atoms with E-state index >= 15 is 0 Å². The molecule has 6 heteroatoms. The van der Waals surface area contributed by atoms with Crippen molar-refractivity contribution < 1.29 is 24.1 Å². The fourth-order valence-electron chi connectivity index (χ4n) is 4.47. The number of carbonyl (C=O) groups excluding carboxylic acids is 1. The van der Waals surface area contributed by atoms with Crippen molar-refractivity contribution in [2.24, 2.45) is 5.92 Å². The number of hydrogen-bond acceptors (Lipinski definition) is 5. The molecule has 26 heavy (non-hydrogen) atoms. The van der Waals surface area contributed by atoms with E-state index in [0.717, 1.165) is 49.2 Å². The van der Waals surface area contributed by atoms with Crippen LogP contribution < -0.4 is 9.47 Å². The van der Waals surface area contributed by atoms with E-state index < -0.39 is 6.10 Å². The lowest BCUT2D eigenvalue weighted by molar-refractivity contribution is -0.141. The molecule has 6 nitrogen and oxygen atoms in total. The number of β-amino-alcohol motifs (C(OH)–C–C–N with tert-alkyl or cyclic N) is 1. The van der Waals surface area contributed by atoms with Crippen molar-refractivity contribution in [1.82, 2.24) is 4.90 Å². The number of hydrogen-bond donors (Lipinski definition) is 1. The molecule has 1 amide bonds. The minimum atomic E-state index is -0.552. The van der Waals surface area contributed by atoms with E-state index in [1.807, 2.05) is 23.1 Å². The fraction of sp³-hybridized carbons (Fsp3) is 0.650. The Morgan fingerprint density at radius 1 is 1.15 bits per heavy atom. The molecule has 2 aliphatic heterocycles. The highest BCUT2D eigenvalue weighted by molar-refractivity contribution is 5.79. The van der Waals surface area contributed by atoms with Gasteiger partial charge in [-0.1, -0.05) is 6.07 Å². The third kappa shape index (κ3) is 3.40. The third-order valence-electron chi connectivity index (χ3n) is 6.08. The number of nitrogens with zero attached hydrogens (tertiary/aromatic N) is 1. The molecule has 1 aromatic carbocycles. The Balaban J connectivity index is 1.37. The Morgan fingerprint density at radius 3 is 2.65 bits per heavy atom. The van der Waals surface area contributed by atoms with Crippen molar-refractivity contribution in [1.29, 1.82) is 0 Å². The number of piperidine rings is 1. The van der Waals surface area contributed by atoms with Gasteiger partial charge >= 0.3 is 0 Å². The van der Waals surface area contributed by atoms with Gasteiger partial charge in [-0.2, -0.15) is 0 Å². The number of carbonyl (C=O) groups is 1. The molecule has 1 saturated heterocycles. The van der Waals surface area contributed by atoms with Crippen LogP contribution in [0.1, 0.15) is 43.6 Å². The second kappa shape index (κ2) is 7.45. The zero-order valence-electron chi connectivity index (χ0n) is 15.2. The summed E-state index contributed by atoms with van der Waals surface area (Å²) in [6.07, 6.45) is 4.17. The summed E-state index contributed by atoms with van der Waals surface area (Å²) in [5.41, 5.74) is 1.05. The maximum absolute atomic E-state index is 12.8. The Morgan fingerprint density at radius 2 is 1.92 bits per heavy atom. The molecule has 142 valence electrons. The van der Waals surface area contributed by atoms with Gasteiger partial charge in [0.2, 0.25) is 12.7 Å². The van der Waals surface area contributed by atoms with Crippen LogP contribution >= 0.6 is 0 Å². The molecule has 2 atom stereocenters. The highest BCUT2D eigenvalue weighted by Crippen LogP contribution is 2.38. The van der Waals surface area contributed by atoms with Crippen LogP contribution in [0.3, 0.4) is 0 Å². The van der Waals surface area contributed by atoms with Gasteiger partial charge in [0, 0.05) is 32.0 Å². The number of likely N-dealkylation sites (tertiary alicyclic amines) is 1. The van der Waals surface area contributed by atoms with Crippen molar-refractivity contribution in [3.63, 3.8) is 0 Å². The molecule has 1 saturated carbocycles. The van der Waals surface area contributed by atoms with Gasteiger partial charge in [-0.15, -0.1) is 0 Å². The van der Waals surface area contributed by atoms with Gasteiger partial charge < -0.3 is 24.2 Å². The predicted octanol–water partition coefficient (Wildman–Crippen LogP) is 2.30. The Labute approximate surface area is 154 Å². The molecule has 0 spiro atoms. The summed E-state index contributed by atoms with van der Waals surface area (Å²) in [5.74, 6) is 1.79. The Hall–Kier alpha value is -1.79. The number of rotatable bonds is 3. The highest BCUT2D eigenvalue weighted by Gasteiger charge is 2.35. The average Bonchev–Trinajstić information content (AvgIpc) is 3.15. The topological polar surface area (TPSA) is 68.2 Å². The lowest BCUT2D eigenvalue weighted by Crippen LogP contribution is -2.48. The Bertz CT molecular complexity index is 656. The molecular formula is C20H27NO5. The molecule has 2 fully saturated rings. The molecule has 1 aromatic rings. The predicted molar refractivity (Wildman–Crippen MR) is 95.3 cm³/mol. The van der Waals surface area contributed by atoms with E-state index in [-0.39, 0.29) is 24.5 Å². The molecule has 4 rings (SSSR count). The molecule has 1 N–H and O–H groups in total. The third-order valence-corrected chi connectivity index (χ3v) is 6.08. The normalized spacial score (nSPS) is 31.1. The van der Waals surface area contributed by atoms with Gasteiger partial charge in [-0.25, -0.2) is 0 Å². The number of methoxy groups -OCH3 is 1. The van der Waals surface area contributed by atoms with Gasteiger partial charge in [0.25, 0.3) is 0 Å². The molecule has 2 heterocycles. The molecular weight excluding hydrogens is 334 g/mol. The summed E-state index contributed by atoms with van der Waals surface area (Å²) < 4.78 is 16.2. The highest BCUT2D eigenvalue weighted by atomic mass is 16.7. The maximum Gasteiger partial charge on any atom is 0.231 e. The van der Waals surface area contributed by atoms with Crippen molar-refractivity contribution in [3.05, 3.63) is 23.8 Å². The zero-order chi connectivity index (χ0) is 18.1. The monoisotopic (exact) mass is 361 g/mol. The van der Waals surface area contributed by atoms with E-state index in [1.165, 1.54) is 0 Å². The number of aliphatic hydroxyl groups is 1. The lowest BCUT2D eigenvalue weighted by atomic mass is 9.84. The first-order valence-electron chi connectivity index (χ1n) is 9.55.